The monoisotopic (exact) mass is 242 g/mol. The highest BCUT2D eigenvalue weighted by Gasteiger charge is 2.16. The quantitative estimate of drug-likeness (QED) is 0.742. The van der Waals surface area contributed by atoms with Crippen LogP contribution in [0.1, 0.15) is 49.9 Å². The van der Waals surface area contributed by atoms with Crippen LogP contribution in [0.4, 0.5) is 0 Å². The summed E-state index contributed by atoms with van der Waals surface area (Å²) in [5.41, 5.74) is 1.98. The molecule has 0 aliphatic heterocycles. The van der Waals surface area contributed by atoms with Crippen molar-refractivity contribution in [3.63, 3.8) is 0 Å². The van der Waals surface area contributed by atoms with Crippen molar-refractivity contribution >= 4 is 11.6 Å². The molecule has 0 radical (unpaired) electrons. The molecular formula is C12H19ClN2O. The second-order valence-corrected chi connectivity index (χ2v) is 4.17. The van der Waals surface area contributed by atoms with Gasteiger partial charge in [0.15, 0.2) is 5.82 Å². The Morgan fingerprint density at radius 3 is 2.50 bits per heavy atom. The molecule has 4 heteroatoms. The molecule has 0 spiro atoms. The Morgan fingerprint density at radius 2 is 2.00 bits per heavy atom. The van der Waals surface area contributed by atoms with Gasteiger partial charge in [0.2, 0.25) is 0 Å². The van der Waals surface area contributed by atoms with Gasteiger partial charge in [-0.25, -0.2) is 9.97 Å². The molecule has 0 fully saturated rings. The number of halogens is 1. The van der Waals surface area contributed by atoms with Gasteiger partial charge in [-0.3, -0.25) is 0 Å². The van der Waals surface area contributed by atoms with Crippen LogP contribution in [0.2, 0.25) is 5.15 Å². The van der Waals surface area contributed by atoms with Gasteiger partial charge in [-0.2, -0.15) is 0 Å². The van der Waals surface area contributed by atoms with Crippen molar-refractivity contribution in [2.45, 2.75) is 46.1 Å². The van der Waals surface area contributed by atoms with E-state index in [0.717, 1.165) is 30.5 Å². The minimum atomic E-state index is -0.0478. The fourth-order valence-electron chi connectivity index (χ4n) is 1.65. The lowest BCUT2D eigenvalue weighted by Gasteiger charge is -2.15. The zero-order chi connectivity index (χ0) is 12.1. The maximum Gasteiger partial charge on any atom is 0.159 e. The topological polar surface area (TPSA) is 35.0 Å². The standard InChI is InChI=1S/C12H19ClN2O/c1-5-7-10(16-4)12-14-9(6-2)8(3)11(13)15-12/h10H,5-7H2,1-4H3. The molecule has 0 saturated carbocycles. The van der Waals surface area contributed by atoms with Crippen molar-refractivity contribution in [2.75, 3.05) is 7.11 Å². The first-order valence-electron chi connectivity index (χ1n) is 5.69. The number of methoxy groups -OCH3 is 1. The minimum absolute atomic E-state index is 0.0478. The van der Waals surface area contributed by atoms with E-state index in [2.05, 4.69) is 23.8 Å². The van der Waals surface area contributed by atoms with Gasteiger partial charge in [0.1, 0.15) is 11.3 Å². The molecule has 1 atom stereocenters. The Bertz CT molecular complexity index is 355. The van der Waals surface area contributed by atoms with E-state index in [1.807, 2.05) is 6.92 Å². The van der Waals surface area contributed by atoms with Crippen LogP contribution in [0.3, 0.4) is 0 Å². The lowest BCUT2D eigenvalue weighted by molar-refractivity contribution is 0.0874. The van der Waals surface area contributed by atoms with Crippen molar-refractivity contribution in [1.82, 2.24) is 9.97 Å². The van der Waals surface area contributed by atoms with E-state index in [1.165, 1.54) is 0 Å². The molecule has 90 valence electrons. The molecule has 0 amide bonds. The summed E-state index contributed by atoms with van der Waals surface area (Å²) < 4.78 is 5.39. The number of hydrogen-bond donors (Lipinski definition) is 0. The summed E-state index contributed by atoms with van der Waals surface area (Å²) in [7, 11) is 1.68. The van der Waals surface area contributed by atoms with Crippen LogP contribution in [0.15, 0.2) is 0 Å². The molecule has 1 aromatic heterocycles. The summed E-state index contributed by atoms with van der Waals surface area (Å²) in [6, 6.07) is 0. The van der Waals surface area contributed by atoms with Crippen LogP contribution < -0.4 is 0 Å². The molecule has 1 unspecified atom stereocenters. The Kier molecular flexibility index (Phi) is 5.16. The van der Waals surface area contributed by atoms with Gasteiger partial charge in [-0.05, 0) is 19.8 Å². The SMILES string of the molecule is CCCC(OC)c1nc(Cl)c(C)c(CC)n1. The second-order valence-electron chi connectivity index (χ2n) is 3.81. The second kappa shape index (κ2) is 6.16. The van der Waals surface area contributed by atoms with Gasteiger partial charge in [0, 0.05) is 18.4 Å². The first-order valence-corrected chi connectivity index (χ1v) is 6.07. The average molecular weight is 243 g/mol. The molecule has 0 aliphatic carbocycles. The Balaban J connectivity index is 3.08. The molecule has 0 saturated heterocycles. The summed E-state index contributed by atoms with van der Waals surface area (Å²) in [4.78, 5) is 8.82. The molecule has 0 aromatic carbocycles. The van der Waals surface area contributed by atoms with E-state index in [4.69, 9.17) is 16.3 Å². The molecule has 1 heterocycles. The predicted octanol–water partition coefficient (Wildman–Crippen LogP) is 3.49. The molecule has 1 rings (SSSR count). The van der Waals surface area contributed by atoms with Crippen LogP contribution in [0.25, 0.3) is 0 Å². The van der Waals surface area contributed by atoms with Gasteiger partial charge in [0.05, 0.1) is 0 Å². The summed E-state index contributed by atoms with van der Waals surface area (Å²) in [5.74, 6) is 0.705. The predicted molar refractivity (Wildman–Crippen MR) is 65.8 cm³/mol. The van der Waals surface area contributed by atoms with Crippen molar-refractivity contribution in [2.24, 2.45) is 0 Å². The summed E-state index contributed by atoms with van der Waals surface area (Å²) >= 11 is 6.09. The number of aromatic nitrogens is 2. The van der Waals surface area contributed by atoms with Crippen LogP contribution in [0.5, 0.6) is 0 Å². The molecule has 0 N–H and O–H groups in total. The zero-order valence-electron chi connectivity index (χ0n) is 10.4. The van der Waals surface area contributed by atoms with Crippen molar-refractivity contribution in [1.29, 1.82) is 0 Å². The Labute approximate surface area is 102 Å². The fraction of sp³-hybridized carbons (Fsp3) is 0.667. The zero-order valence-corrected chi connectivity index (χ0v) is 11.1. The number of ether oxygens (including phenoxy) is 1. The van der Waals surface area contributed by atoms with Crippen LogP contribution in [0, 0.1) is 6.92 Å². The highest BCUT2D eigenvalue weighted by molar-refractivity contribution is 6.30. The summed E-state index contributed by atoms with van der Waals surface area (Å²) in [6.45, 7) is 6.13. The van der Waals surface area contributed by atoms with Gasteiger partial charge in [-0.1, -0.05) is 31.9 Å². The fourth-order valence-corrected chi connectivity index (χ4v) is 1.85. The van der Waals surface area contributed by atoms with Crippen LogP contribution in [-0.2, 0) is 11.2 Å². The maximum atomic E-state index is 6.09. The largest absolute Gasteiger partial charge is 0.373 e. The van der Waals surface area contributed by atoms with Gasteiger partial charge in [-0.15, -0.1) is 0 Å². The first-order chi connectivity index (χ1) is 7.63. The molecular weight excluding hydrogens is 224 g/mol. The third-order valence-corrected chi connectivity index (χ3v) is 3.03. The number of aryl methyl sites for hydroxylation is 1. The summed E-state index contributed by atoms with van der Waals surface area (Å²) in [6.07, 6.45) is 2.77. The maximum absolute atomic E-state index is 6.09. The van der Waals surface area contributed by atoms with Crippen LogP contribution in [-0.4, -0.2) is 17.1 Å². The molecule has 0 bridgehead atoms. The normalized spacial score (nSPS) is 12.8. The minimum Gasteiger partial charge on any atom is -0.373 e. The van der Waals surface area contributed by atoms with Gasteiger partial charge < -0.3 is 4.74 Å². The Hall–Kier alpha value is -0.670. The lowest BCUT2D eigenvalue weighted by Crippen LogP contribution is -2.10. The smallest absolute Gasteiger partial charge is 0.159 e. The number of nitrogens with zero attached hydrogens (tertiary/aromatic N) is 2. The van der Waals surface area contributed by atoms with E-state index in [9.17, 15) is 0 Å². The van der Waals surface area contributed by atoms with Gasteiger partial charge >= 0.3 is 0 Å². The molecule has 16 heavy (non-hydrogen) atoms. The molecule has 1 aromatic rings. The van der Waals surface area contributed by atoms with Crippen LogP contribution >= 0.6 is 11.6 Å². The Morgan fingerprint density at radius 1 is 1.31 bits per heavy atom. The third-order valence-electron chi connectivity index (χ3n) is 2.66. The van der Waals surface area contributed by atoms with Crippen molar-refractivity contribution in [3.8, 4) is 0 Å². The highest BCUT2D eigenvalue weighted by Crippen LogP contribution is 2.23. The lowest BCUT2D eigenvalue weighted by atomic mass is 10.1. The first kappa shape index (κ1) is 13.4. The van der Waals surface area contributed by atoms with Crippen molar-refractivity contribution in [3.05, 3.63) is 22.2 Å². The van der Waals surface area contributed by atoms with E-state index < -0.39 is 0 Å². The van der Waals surface area contributed by atoms with E-state index in [0.29, 0.717) is 11.0 Å². The van der Waals surface area contributed by atoms with E-state index in [-0.39, 0.29) is 6.10 Å². The van der Waals surface area contributed by atoms with E-state index >= 15 is 0 Å². The third kappa shape index (κ3) is 2.92. The van der Waals surface area contributed by atoms with E-state index in [1.54, 1.807) is 7.11 Å². The van der Waals surface area contributed by atoms with Crippen molar-refractivity contribution < 1.29 is 4.74 Å². The molecule has 0 aliphatic rings. The number of rotatable bonds is 5. The average Bonchev–Trinajstić information content (AvgIpc) is 2.29. The van der Waals surface area contributed by atoms with Gasteiger partial charge in [0.25, 0.3) is 0 Å². The molecule has 3 nitrogen and oxygen atoms in total. The highest BCUT2D eigenvalue weighted by atomic mass is 35.5. The number of hydrogen-bond acceptors (Lipinski definition) is 3. The summed E-state index contributed by atoms with van der Waals surface area (Å²) in [5, 5.41) is 0.542.